The molecule has 1 aromatic rings. The van der Waals surface area contributed by atoms with E-state index >= 15 is 0 Å². The van der Waals surface area contributed by atoms with Gasteiger partial charge in [-0.05, 0) is 30.4 Å². The van der Waals surface area contributed by atoms with Crippen molar-refractivity contribution in [2.45, 2.75) is 44.6 Å². The Morgan fingerprint density at radius 3 is 2.90 bits per heavy atom. The summed E-state index contributed by atoms with van der Waals surface area (Å²) in [5, 5.41) is 3.06. The SMILES string of the molecule is CC1CCCC(CN)(NC(=O)Cc2ccccc2F)C1. The summed E-state index contributed by atoms with van der Waals surface area (Å²) in [6, 6.07) is 6.39. The molecule has 0 saturated heterocycles. The van der Waals surface area contributed by atoms with Gasteiger partial charge in [0.2, 0.25) is 5.91 Å². The third kappa shape index (κ3) is 3.57. The van der Waals surface area contributed by atoms with E-state index in [9.17, 15) is 9.18 Å². The first-order valence-electron chi connectivity index (χ1n) is 7.29. The standard InChI is InChI=1S/C16H23FN2O/c1-12-5-4-8-16(10-12,11-18)19-15(20)9-13-6-2-3-7-14(13)17/h2-3,6-7,12H,4-5,8-11,18H2,1H3,(H,19,20). The molecule has 1 fully saturated rings. The molecule has 110 valence electrons. The maximum absolute atomic E-state index is 13.6. The predicted molar refractivity (Wildman–Crippen MR) is 77.7 cm³/mol. The largest absolute Gasteiger partial charge is 0.349 e. The molecule has 0 aromatic heterocycles. The van der Waals surface area contributed by atoms with Crippen molar-refractivity contribution in [3.63, 3.8) is 0 Å². The number of halogens is 1. The summed E-state index contributed by atoms with van der Waals surface area (Å²) in [6.07, 6.45) is 4.16. The van der Waals surface area contributed by atoms with Gasteiger partial charge in [-0.2, -0.15) is 0 Å². The molecule has 1 aliphatic carbocycles. The first-order valence-corrected chi connectivity index (χ1v) is 7.29. The predicted octanol–water partition coefficient (Wildman–Crippen LogP) is 2.39. The number of nitrogens with two attached hydrogens (primary N) is 1. The molecule has 0 aliphatic heterocycles. The van der Waals surface area contributed by atoms with Crippen LogP contribution in [0.4, 0.5) is 4.39 Å². The summed E-state index contributed by atoms with van der Waals surface area (Å²) in [6.45, 7) is 2.63. The number of benzene rings is 1. The fourth-order valence-corrected chi connectivity index (χ4v) is 3.16. The molecule has 3 nitrogen and oxygen atoms in total. The van der Waals surface area contributed by atoms with Crippen LogP contribution in [0.5, 0.6) is 0 Å². The molecule has 4 heteroatoms. The third-order valence-corrected chi connectivity index (χ3v) is 4.20. The molecule has 1 saturated carbocycles. The Morgan fingerprint density at radius 2 is 2.25 bits per heavy atom. The van der Waals surface area contributed by atoms with Gasteiger partial charge in [0, 0.05) is 6.54 Å². The van der Waals surface area contributed by atoms with Crippen LogP contribution >= 0.6 is 0 Å². The minimum absolute atomic E-state index is 0.0722. The van der Waals surface area contributed by atoms with Crippen LogP contribution in [0.3, 0.4) is 0 Å². The van der Waals surface area contributed by atoms with E-state index in [1.54, 1.807) is 18.2 Å². The Balaban J connectivity index is 2.01. The summed E-state index contributed by atoms with van der Waals surface area (Å²) in [5.74, 6) is 0.0946. The molecule has 0 bridgehead atoms. The molecule has 0 heterocycles. The van der Waals surface area contributed by atoms with Gasteiger partial charge in [0.15, 0.2) is 0 Å². The first kappa shape index (κ1) is 15.0. The normalized spacial score (nSPS) is 26.2. The first-order chi connectivity index (χ1) is 9.54. The minimum Gasteiger partial charge on any atom is -0.349 e. The molecule has 2 atom stereocenters. The lowest BCUT2D eigenvalue weighted by molar-refractivity contribution is -0.122. The highest BCUT2D eigenvalue weighted by molar-refractivity contribution is 5.79. The van der Waals surface area contributed by atoms with Gasteiger partial charge in [-0.3, -0.25) is 4.79 Å². The Hall–Kier alpha value is -1.42. The second-order valence-electron chi connectivity index (χ2n) is 6.00. The molecule has 2 unspecified atom stereocenters. The second-order valence-corrected chi connectivity index (χ2v) is 6.00. The zero-order valence-corrected chi connectivity index (χ0v) is 12.0. The lowest BCUT2D eigenvalue weighted by atomic mass is 9.76. The monoisotopic (exact) mass is 278 g/mol. The van der Waals surface area contributed by atoms with Crippen LogP contribution in [-0.4, -0.2) is 18.0 Å². The molecule has 2 rings (SSSR count). The van der Waals surface area contributed by atoms with Crippen LogP contribution in [0.2, 0.25) is 0 Å². The van der Waals surface area contributed by atoms with Crippen LogP contribution in [-0.2, 0) is 11.2 Å². The molecule has 1 aromatic carbocycles. The highest BCUT2D eigenvalue weighted by Gasteiger charge is 2.34. The van der Waals surface area contributed by atoms with E-state index < -0.39 is 0 Å². The van der Waals surface area contributed by atoms with Crippen molar-refractivity contribution in [3.8, 4) is 0 Å². The highest BCUT2D eigenvalue weighted by Crippen LogP contribution is 2.31. The molecule has 20 heavy (non-hydrogen) atoms. The van der Waals surface area contributed by atoms with Crippen LogP contribution < -0.4 is 11.1 Å². The summed E-state index contributed by atoms with van der Waals surface area (Å²) < 4.78 is 13.6. The van der Waals surface area contributed by atoms with E-state index in [0.717, 1.165) is 19.3 Å². The van der Waals surface area contributed by atoms with Gasteiger partial charge in [0.1, 0.15) is 5.82 Å². The summed E-state index contributed by atoms with van der Waals surface area (Å²) in [4.78, 5) is 12.2. The Kier molecular flexibility index (Phi) is 4.76. The van der Waals surface area contributed by atoms with Gasteiger partial charge < -0.3 is 11.1 Å². The van der Waals surface area contributed by atoms with Crippen molar-refractivity contribution in [1.82, 2.24) is 5.32 Å². The Morgan fingerprint density at radius 1 is 1.50 bits per heavy atom. The quantitative estimate of drug-likeness (QED) is 0.888. The topological polar surface area (TPSA) is 55.1 Å². The van der Waals surface area contributed by atoms with E-state index in [1.807, 2.05) is 0 Å². The minimum atomic E-state index is -0.332. The highest BCUT2D eigenvalue weighted by atomic mass is 19.1. The molecular weight excluding hydrogens is 255 g/mol. The van der Waals surface area contributed by atoms with Crippen LogP contribution in [0.15, 0.2) is 24.3 Å². The molecule has 0 spiro atoms. The van der Waals surface area contributed by atoms with Crippen molar-refractivity contribution >= 4 is 5.91 Å². The van der Waals surface area contributed by atoms with Gasteiger partial charge in [-0.15, -0.1) is 0 Å². The number of carbonyl (C=O) groups excluding carboxylic acids is 1. The Bertz CT molecular complexity index is 477. The van der Waals surface area contributed by atoms with Crippen LogP contribution in [0.1, 0.15) is 38.2 Å². The maximum atomic E-state index is 13.6. The molecular formula is C16H23FN2O. The number of rotatable bonds is 4. The average Bonchev–Trinajstić information content (AvgIpc) is 2.41. The lowest BCUT2D eigenvalue weighted by Crippen LogP contribution is -2.56. The molecule has 1 amide bonds. The number of amides is 1. The number of hydrogen-bond acceptors (Lipinski definition) is 2. The number of hydrogen-bond donors (Lipinski definition) is 2. The van der Waals surface area contributed by atoms with E-state index in [0.29, 0.717) is 18.0 Å². The molecule has 0 radical (unpaired) electrons. The fraction of sp³-hybridized carbons (Fsp3) is 0.562. The lowest BCUT2D eigenvalue weighted by Gasteiger charge is -2.40. The summed E-state index contributed by atoms with van der Waals surface area (Å²) in [7, 11) is 0. The average molecular weight is 278 g/mol. The van der Waals surface area contributed by atoms with Crippen LogP contribution in [0, 0.1) is 11.7 Å². The van der Waals surface area contributed by atoms with E-state index in [2.05, 4.69) is 12.2 Å². The number of nitrogens with one attached hydrogen (secondary N) is 1. The van der Waals surface area contributed by atoms with E-state index in [1.165, 1.54) is 12.5 Å². The van der Waals surface area contributed by atoms with E-state index in [-0.39, 0.29) is 23.7 Å². The third-order valence-electron chi connectivity index (χ3n) is 4.20. The number of carbonyl (C=O) groups is 1. The molecule has 3 N–H and O–H groups in total. The van der Waals surface area contributed by atoms with Crippen molar-refractivity contribution in [3.05, 3.63) is 35.6 Å². The zero-order chi connectivity index (χ0) is 14.6. The van der Waals surface area contributed by atoms with Gasteiger partial charge in [-0.1, -0.05) is 38.0 Å². The van der Waals surface area contributed by atoms with Crippen LogP contribution in [0.25, 0.3) is 0 Å². The fourth-order valence-electron chi connectivity index (χ4n) is 3.16. The van der Waals surface area contributed by atoms with Crippen molar-refractivity contribution in [2.24, 2.45) is 11.7 Å². The van der Waals surface area contributed by atoms with Crippen molar-refractivity contribution in [2.75, 3.05) is 6.54 Å². The van der Waals surface area contributed by atoms with Gasteiger partial charge in [0.05, 0.1) is 12.0 Å². The van der Waals surface area contributed by atoms with Crippen molar-refractivity contribution in [1.29, 1.82) is 0 Å². The Labute approximate surface area is 119 Å². The van der Waals surface area contributed by atoms with Gasteiger partial charge in [0.25, 0.3) is 0 Å². The second kappa shape index (κ2) is 6.35. The zero-order valence-electron chi connectivity index (χ0n) is 12.0. The maximum Gasteiger partial charge on any atom is 0.225 e. The van der Waals surface area contributed by atoms with Gasteiger partial charge in [-0.25, -0.2) is 4.39 Å². The van der Waals surface area contributed by atoms with Gasteiger partial charge >= 0.3 is 0 Å². The van der Waals surface area contributed by atoms with E-state index in [4.69, 9.17) is 5.73 Å². The smallest absolute Gasteiger partial charge is 0.225 e. The van der Waals surface area contributed by atoms with Crippen molar-refractivity contribution < 1.29 is 9.18 Å². The molecule has 1 aliphatic rings. The summed E-state index contributed by atoms with van der Waals surface area (Å²) >= 11 is 0. The summed E-state index contributed by atoms with van der Waals surface area (Å²) in [5.41, 5.74) is 6.01.